The maximum absolute atomic E-state index is 13.0. The molecule has 1 saturated heterocycles. The quantitative estimate of drug-likeness (QED) is 0.467. The fourth-order valence-electron chi connectivity index (χ4n) is 3.12. The molecule has 7 nitrogen and oxygen atoms in total. The molecule has 0 spiro atoms. The first-order chi connectivity index (χ1) is 14.5. The molecule has 1 aliphatic rings. The molecular formula is C22H16BrN3O4. The highest BCUT2D eigenvalue weighted by Crippen LogP contribution is 2.25. The lowest BCUT2D eigenvalue weighted by molar-refractivity contribution is -0.122. The summed E-state index contributed by atoms with van der Waals surface area (Å²) in [7, 11) is 1.59. The number of barbiturate groups is 1. The van der Waals surface area contributed by atoms with E-state index in [2.05, 4.69) is 21.2 Å². The average molecular weight is 466 g/mol. The number of carbonyl (C=O) groups is 3. The van der Waals surface area contributed by atoms with Crippen LogP contribution in [-0.4, -0.2) is 29.5 Å². The fraction of sp³-hybridized carbons (Fsp3) is 0.0455. The van der Waals surface area contributed by atoms with Gasteiger partial charge >= 0.3 is 6.03 Å². The highest BCUT2D eigenvalue weighted by atomic mass is 79.9. The second kappa shape index (κ2) is 8.00. The Bertz CT molecular complexity index is 1160. The molecule has 150 valence electrons. The van der Waals surface area contributed by atoms with E-state index in [9.17, 15) is 14.4 Å². The minimum absolute atomic E-state index is 0.133. The van der Waals surface area contributed by atoms with Crippen molar-refractivity contribution in [2.24, 2.45) is 0 Å². The number of carbonyl (C=O) groups excluding carboxylic acids is 3. The number of amides is 4. The Morgan fingerprint density at radius 3 is 2.27 bits per heavy atom. The van der Waals surface area contributed by atoms with Gasteiger partial charge in [0.25, 0.3) is 11.8 Å². The van der Waals surface area contributed by atoms with E-state index in [1.54, 1.807) is 43.5 Å². The number of nitrogens with one attached hydrogen (secondary N) is 1. The average Bonchev–Trinajstić information content (AvgIpc) is 3.20. The van der Waals surface area contributed by atoms with E-state index < -0.39 is 17.8 Å². The highest BCUT2D eigenvalue weighted by Gasteiger charge is 2.36. The lowest BCUT2D eigenvalue weighted by Crippen LogP contribution is -2.54. The summed E-state index contributed by atoms with van der Waals surface area (Å²) in [6, 6.07) is 16.8. The van der Waals surface area contributed by atoms with Crippen LogP contribution in [0.15, 0.2) is 76.9 Å². The van der Waals surface area contributed by atoms with E-state index in [-0.39, 0.29) is 5.57 Å². The molecule has 0 radical (unpaired) electrons. The summed E-state index contributed by atoms with van der Waals surface area (Å²) >= 11 is 3.32. The van der Waals surface area contributed by atoms with Gasteiger partial charge in [0.05, 0.1) is 12.8 Å². The Morgan fingerprint density at radius 1 is 0.933 bits per heavy atom. The van der Waals surface area contributed by atoms with Crippen molar-refractivity contribution in [3.05, 3.63) is 82.6 Å². The molecule has 0 saturated carbocycles. The van der Waals surface area contributed by atoms with Crippen molar-refractivity contribution < 1.29 is 19.1 Å². The van der Waals surface area contributed by atoms with E-state index >= 15 is 0 Å². The minimum atomic E-state index is -0.782. The molecule has 1 aromatic heterocycles. The van der Waals surface area contributed by atoms with Gasteiger partial charge in [0, 0.05) is 22.1 Å². The zero-order valence-corrected chi connectivity index (χ0v) is 17.4. The van der Waals surface area contributed by atoms with E-state index in [1.807, 2.05) is 35.0 Å². The van der Waals surface area contributed by atoms with Crippen molar-refractivity contribution in [3.63, 3.8) is 0 Å². The predicted molar refractivity (Wildman–Crippen MR) is 115 cm³/mol. The molecule has 3 aromatic rings. The van der Waals surface area contributed by atoms with Crippen LogP contribution in [0.4, 0.5) is 10.5 Å². The summed E-state index contributed by atoms with van der Waals surface area (Å²) in [5.74, 6) is -0.703. The molecule has 8 heteroatoms. The van der Waals surface area contributed by atoms with E-state index in [0.29, 0.717) is 11.4 Å². The molecule has 1 N–H and O–H groups in total. The Kier molecular flexibility index (Phi) is 5.24. The lowest BCUT2D eigenvalue weighted by atomic mass is 10.1. The molecule has 0 atom stereocenters. The lowest BCUT2D eigenvalue weighted by Gasteiger charge is -2.26. The van der Waals surface area contributed by atoms with Crippen LogP contribution in [0.2, 0.25) is 0 Å². The molecule has 0 aliphatic carbocycles. The van der Waals surface area contributed by atoms with Crippen LogP contribution < -0.4 is 15.0 Å². The summed E-state index contributed by atoms with van der Waals surface area (Å²) in [5, 5.41) is 2.23. The van der Waals surface area contributed by atoms with Crippen molar-refractivity contribution in [1.82, 2.24) is 9.88 Å². The maximum atomic E-state index is 13.0. The number of nitrogens with zero attached hydrogens (tertiary/aromatic N) is 2. The zero-order valence-electron chi connectivity index (χ0n) is 15.8. The highest BCUT2D eigenvalue weighted by molar-refractivity contribution is 9.10. The largest absolute Gasteiger partial charge is 0.497 e. The van der Waals surface area contributed by atoms with Crippen molar-refractivity contribution in [1.29, 1.82) is 0 Å². The summed E-state index contributed by atoms with van der Waals surface area (Å²) in [4.78, 5) is 38.7. The van der Waals surface area contributed by atoms with E-state index in [4.69, 9.17) is 4.74 Å². The molecule has 1 aliphatic heterocycles. The second-order valence-electron chi connectivity index (χ2n) is 6.44. The fourth-order valence-corrected chi connectivity index (χ4v) is 3.38. The molecule has 0 bridgehead atoms. The number of imide groups is 2. The van der Waals surface area contributed by atoms with Gasteiger partial charge in [0.1, 0.15) is 11.3 Å². The molecule has 30 heavy (non-hydrogen) atoms. The zero-order chi connectivity index (χ0) is 21.3. The van der Waals surface area contributed by atoms with Crippen molar-refractivity contribution in [3.8, 4) is 11.4 Å². The topological polar surface area (TPSA) is 80.6 Å². The Hall–Kier alpha value is -3.65. The third-order valence-electron chi connectivity index (χ3n) is 4.61. The van der Waals surface area contributed by atoms with Crippen LogP contribution >= 0.6 is 15.9 Å². The van der Waals surface area contributed by atoms with Gasteiger partial charge in [-0.2, -0.15) is 0 Å². The van der Waals surface area contributed by atoms with Crippen molar-refractivity contribution >= 4 is 45.5 Å². The van der Waals surface area contributed by atoms with Crippen LogP contribution in [0.25, 0.3) is 11.8 Å². The number of aromatic nitrogens is 1. The Balaban J connectivity index is 1.71. The van der Waals surface area contributed by atoms with Gasteiger partial charge in [-0.25, -0.2) is 9.69 Å². The summed E-state index contributed by atoms with van der Waals surface area (Å²) in [6.45, 7) is 0. The second-order valence-corrected chi connectivity index (χ2v) is 7.35. The van der Waals surface area contributed by atoms with Gasteiger partial charge in [-0.3, -0.25) is 14.9 Å². The SMILES string of the molecule is COc1ccc(-n2cccc2/C=C2/C(=O)NC(=O)N(c3ccc(Br)cc3)C2=O)cc1. The number of rotatable bonds is 4. The number of anilines is 1. The minimum Gasteiger partial charge on any atom is -0.497 e. The Labute approximate surface area is 180 Å². The predicted octanol–water partition coefficient (Wildman–Crippen LogP) is 3.91. The van der Waals surface area contributed by atoms with Crippen LogP contribution in [-0.2, 0) is 9.59 Å². The molecule has 4 amide bonds. The normalized spacial score (nSPS) is 15.5. The first-order valence-corrected chi connectivity index (χ1v) is 9.76. The molecule has 2 heterocycles. The van der Waals surface area contributed by atoms with Crippen LogP contribution in [0.3, 0.4) is 0 Å². The van der Waals surface area contributed by atoms with Crippen molar-refractivity contribution in [2.75, 3.05) is 12.0 Å². The number of hydrogen-bond acceptors (Lipinski definition) is 4. The number of urea groups is 1. The summed E-state index contributed by atoms with van der Waals surface area (Å²) in [6.07, 6.45) is 3.29. The number of hydrogen-bond donors (Lipinski definition) is 1. The third-order valence-corrected chi connectivity index (χ3v) is 5.14. The van der Waals surface area contributed by atoms with Gasteiger partial charge in [-0.1, -0.05) is 15.9 Å². The van der Waals surface area contributed by atoms with E-state index in [0.717, 1.165) is 20.8 Å². The molecule has 1 fully saturated rings. The number of ether oxygens (including phenoxy) is 1. The van der Waals surface area contributed by atoms with Crippen LogP contribution in [0, 0.1) is 0 Å². The molecule has 4 rings (SSSR count). The number of halogens is 1. The maximum Gasteiger partial charge on any atom is 0.335 e. The van der Waals surface area contributed by atoms with Crippen LogP contribution in [0.5, 0.6) is 5.75 Å². The number of benzene rings is 2. The number of methoxy groups -OCH3 is 1. The monoisotopic (exact) mass is 465 g/mol. The molecule has 2 aromatic carbocycles. The smallest absolute Gasteiger partial charge is 0.335 e. The van der Waals surface area contributed by atoms with Crippen molar-refractivity contribution in [2.45, 2.75) is 0 Å². The molecular weight excluding hydrogens is 450 g/mol. The first kappa shape index (κ1) is 19.7. The van der Waals surface area contributed by atoms with E-state index in [1.165, 1.54) is 6.08 Å². The van der Waals surface area contributed by atoms with Gasteiger partial charge in [0.2, 0.25) is 0 Å². The van der Waals surface area contributed by atoms with Crippen LogP contribution in [0.1, 0.15) is 5.69 Å². The van der Waals surface area contributed by atoms with Gasteiger partial charge in [-0.05, 0) is 66.7 Å². The molecule has 0 unspecified atom stereocenters. The summed E-state index contributed by atoms with van der Waals surface area (Å²) in [5.41, 5.74) is 1.68. The van der Waals surface area contributed by atoms with Gasteiger partial charge in [-0.15, -0.1) is 0 Å². The van der Waals surface area contributed by atoms with Gasteiger partial charge in [0.15, 0.2) is 0 Å². The first-order valence-electron chi connectivity index (χ1n) is 8.97. The third kappa shape index (κ3) is 3.65. The standard InChI is InChI=1S/C22H16BrN3O4/c1-30-18-10-8-15(9-11-18)25-12-2-3-17(25)13-19-20(27)24-22(29)26(21(19)28)16-6-4-14(23)5-7-16/h2-13H,1H3,(H,24,27,29)/b19-13-. The Morgan fingerprint density at radius 2 is 1.60 bits per heavy atom. The summed E-state index contributed by atoms with van der Waals surface area (Å²) < 4.78 is 7.81. The van der Waals surface area contributed by atoms with Gasteiger partial charge < -0.3 is 9.30 Å².